The van der Waals surface area contributed by atoms with Crippen molar-refractivity contribution >= 4 is 5.91 Å². The number of fused-ring (bicyclic) bond motifs is 1. The molecule has 3 heterocycles. The molecule has 0 aromatic rings. The average Bonchev–Trinajstić information content (AvgIpc) is 3.11. The van der Waals surface area contributed by atoms with Gasteiger partial charge in [-0.05, 0) is 56.9 Å². The van der Waals surface area contributed by atoms with Crippen LogP contribution in [0.2, 0.25) is 0 Å². The molecule has 5 fully saturated rings. The molecular formula is C31H57N5O3. The fourth-order valence-electron chi connectivity index (χ4n) is 8.14. The molecule has 3 saturated heterocycles. The van der Waals surface area contributed by atoms with E-state index in [9.17, 15) is 9.90 Å². The van der Waals surface area contributed by atoms with Crippen molar-refractivity contribution in [2.45, 2.75) is 133 Å². The molecule has 0 spiro atoms. The molecule has 5 rings (SSSR count). The van der Waals surface area contributed by atoms with E-state index in [1.54, 1.807) is 0 Å². The molecule has 0 radical (unpaired) electrons. The van der Waals surface area contributed by atoms with E-state index in [1.165, 1.54) is 83.5 Å². The zero-order valence-electron chi connectivity index (χ0n) is 24.5. The molecule has 5 atom stereocenters. The highest BCUT2D eigenvalue weighted by Crippen LogP contribution is 2.36. The second-order valence-corrected chi connectivity index (χ2v) is 13.3. The first kappa shape index (κ1) is 29.7. The summed E-state index contributed by atoms with van der Waals surface area (Å²) in [6.07, 6.45) is 19.9. The smallest absolute Gasteiger partial charge is 0.237 e. The number of carbonyl (C=O) groups is 1. The Labute approximate surface area is 237 Å². The van der Waals surface area contributed by atoms with Crippen molar-refractivity contribution in [2.24, 2.45) is 11.8 Å². The first-order valence-electron chi connectivity index (χ1n) is 16.7. The number of hydrogen-bond acceptors (Lipinski definition) is 7. The summed E-state index contributed by atoms with van der Waals surface area (Å²) < 4.78 is 5.61. The molecule has 4 unspecified atom stereocenters. The van der Waals surface area contributed by atoms with Crippen molar-refractivity contribution in [3.05, 3.63) is 0 Å². The number of carbonyl (C=O) groups excluding carboxylic acids is 1. The summed E-state index contributed by atoms with van der Waals surface area (Å²) in [5, 5.41) is 21.4. The number of nitrogens with one attached hydrogen (secondary N) is 3. The number of β-amino-alcohol motifs (C(OH)–C–C–N with tert-alkyl or cyclic N) is 1. The number of aliphatic hydroxyl groups excluding tert-OH is 1. The third kappa shape index (κ3) is 8.86. The lowest BCUT2D eigenvalue weighted by Gasteiger charge is -2.46. The van der Waals surface area contributed by atoms with Gasteiger partial charge in [-0.3, -0.25) is 20.3 Å². The third-order valence-electron chi connectivity index (χ3n) is 10.5. The van der Waals surface area contributed by atoms with Crippen LogP contribution in [-0.2, 0) is 9.53 Å². The summed E-state index contributed by atoms with van der Waals surface area (Å²) in [7, 11) is 0. The van der Waals surface area contributed by atoms with Gasteiger partial charge in [-0.2, -0.15) is 0 Å². The number of hydrogen-bond donors (Lipinski definition) is 4. The van der Waals surface area contributed by atoms with E-state index >= 15 is 0 Å². The highest BCUT2D eigenvalue weighted by Gasteiger charge is 2.37. The maximum atomic E-state index is 13.3. The molecule has 0 aromatic carbocycles. The van der Waals surface area contributed by atoms with E-state index in [-0.39, 0.29) is 18.1 Å². The molecule has 8 heteroatoms. The van der Waals surface area contributed by atoms with Gasteiger partial charge in [0.25, 0.3) is 0 Å². The summed E-state index contributed by atoms with van der Waals surface area (Å²) in [6, 6.07) is 0.812. The molecule has 39 heavy (non-hydrogen) atoms. The van der Waals surface area contributed by atoms with Crippen LogP contribution in [0.4, 0.5) is 0 Å². The summed E-state index contributed by atoms with van der Waals surface area (Å²) in [5.41, 5.74) is 0. The van der Waals surface area contributed by atoms with Crippen molar-refractivity contribution in [2.75, 3.05) is 46.1 Å². The van der Waals surface area contributed by atoms with Crippen LogP contribution < -0.4 is 16.0 Å². The Morgan fingerprint density at radius 3 is 2.36 bits per heavy atom. The Morgan fingerprint density at radius 2 is 1.59 bits per heavy atom. The monoisotopic (exact) mass is 547 g/mol. The number of aliphatic hydroxyl groups is 1. The molecule has 5 aliphatic rings. The fourth-order valence-corrected chi connectivity index (χ4v) is 8.14. The molecule has 2 aliphatic carbocycles. The van der Waals surface area contributed by atoms with E-state index < -0.39 is 6.10 Å². The average molecular weight is 548 g/mol. The maximum Gasteiger partial charge on any atom is 0.237 e. The number of amides is 1. The minimum atomic E-state index is -0.510. The van der Waals surface area contributed by atoms with Crippen LogP contribution >= 0.6 is 0 Å². The first-order chi connectivity index (χ1) is 19.2. The quantitative estimate of drug-likeness (QED) is 0.371. The lowest BCUT2D eigenvalue weighted by Crippen LogP contribution is -2.65. The minimum Gasteiger partial charge on any atom is -0.390 e. The Morgan fingerprint density at radius 1 is 0.897 bits per heavy atom. The van der Waals surface area contributed by atoms with Gasteiger partial charge in [0, 0.05) is 51.4 Å². The molecule has 1 amide bonds. The van der Waals surface area contributed by atoms with Gasteiger partial charge in [0.2, 0.25) is 5.91 Å². The van der Waals surface area contributed by atoms with Crippen LogP contribution in [0.1, 0.15) is 103 Å². The zero-order valence-corrected chi connectivity index (χ0v) is 24.5. The Balaban J connectivity index is 1.11. The predicted octanol–water partition coefficient (Wildman–Crippen LogP) is 3.19. The summed E-state index contributed by atoms with van der Waals surface area (Å²) >= 11 is 0. The van der Waals surface area contributed by atoms with Crippen LogP contribution in [0.15, 0.2) is 0 Å². The van der Waals surface area contributed by atoms with Crippen molar-refractivity contribution in [1.29, 1.82) is 0 Å². The van der Waals surface area contributed by atoms with E-state index in [2.05, 4.69) is 25.8 Å². The minimum absolute atomic E-state index is 0.0351. The van der Waals surface area contributed by atoms with Gasteiger partial charge >= 0.3 is 0 Å². The lowest BCUT2D eigenvalue weighted by atomic mass is 9.75. The van der Waals surface area contributed by atoms with E-state index in [0.29, 0.717) is 25.2 Å². The Bertz CT molecular complexity index is 725. The summed E-state index contributed by atoms with van der Waals surface area (Å²) in [4.78, 5) is 18.4. The van der Waals surface area contributed by atoms with Gasteiger partial charge in [-0.15, -0.1) is 0 Å². The molecule has 0 bridgehead atoms. The summed E-state index contributed by atoms with van der Waals surface area (Å²) in [5.74, 6) is 1.75. The van der Waals surface area contributed by atoms with Crippen molar-refractivity contribution in [3.63, 3.8) is 0 Å². The number of rotatable bonds is 8. The number of ether oxygens (including phenoxy) is 1. The summed E-state index contributed by atoms with van der Waals surface area (Å²) in [6.45, 7) is 5.63. The molecule has 4 N–H and O–H groups in total. The second kappa shape index (κ2) is 15.5. The number of piperidine rings is 1. The van der Waals surface area contributed by atoms with Crippen LogP contribution in [0, 0.1) is 11.8 Å². The highest BCUT2D eigenvalue weighted by atomic mass is 16.5. The van der Waals surface area contributed by atoms with E-state index in [4.69, 9.17) is 4.74 Å². The molecule has 0 aromatic heterocycles. The SMILES string of the molecule is O=C(NC[C@H](O)CN1CCC2CCCCC2C1)C1CC(NC2CCOCC2)N(C2CCCCCCCC2)CN1. The topological polar surface area (TPSA) is 89.1 Å². The standard InChI is InChI=1S/C31H57N5O3/c37-28(22-35-16-13-24-9-7-8-10-25(24)21-35)20-32-31(38)29-19-30(34-26-14-17-39-18-15-26)36(23-33-29)27-11-5-3-1-2-4-6-12-27/h24-30,33-34,37H,1-23H2,(H,32,38)/t24?,25?,28-,29?,30?/m0/s1. The van der Waals surface area contributed by atoms with Crippen LogP contribution in [0.3, 0.4) is 0 Å². The molecule has 8 nitrogen and oxygen atoms in total. The highest BCUT2D eigenvalue weighted by molar-refractivity contribution is 5.81. The van der Waals surface area contributed by atoms with Gasteiger partial charge in [-0.1, -0.05) is 57.8 Å². The third-order valence-corrected chi connectivity index (χ3v) is 10.5. The number of nitrogens with zero attached hydrogens (tertiary/aromatic N) is 2. The van der Waals surface area contributed by atoms with Crippen LogP contribution in [0.25, 0.3) is 0 Å². The number of likely N-dealkylation sites (tertiary alicyclic amines) is 1. The molecule has 2 saturated carbocycles. The van der Waals surface area contributed by atoms with Crippen molar-refractivity contribution < 1.29 is 14.6 Å². The molecule has 3 aliphatic heterocycles. The normalized spacial score (nSPS) is 33.9. The molecule has 224 valence electrons. The first-order valence-corrected chi connectivity index (χ1v) is 16.7. The van der Waals surface area contributed by atoms with Gasteiger partial charge in [0.05, 0.1) is 25.0 Å². The predicted molar refractivity (Wildman–Crippen MR) is 155 cm³/mol. The van der Waals surface area contributed by atoms with Gasteiger partial charge < -0.3 is 20.1 Å². The lowest BCUT2D eigenvalue weighted by molar-refractivity contribution is -0.126. The van der Waals surface area contributed by atoms with E-state index in [0.717, 1.165) is 64.1 Å². The van der Waals surface area contributed by atoms with Gasteiger partial charge in [0.1, 0.15) is 0 Å². The second-order valence-electron chi connectivity index (χ2n) is 13.3. The van der Waals surface area contributed by atoms with Gasteiger partial charge in [-0.25, -0.2) is 0 Å². The van der Waals surface area contributed by atoms with Crippen LogP contribution in [0.5, 0.6) is 0 Å². The van der Waals surface area contributed by atoms with Crippen LogP contribution in [-0.4, -0.2) is 97.3 Å². The zero-order chi connectivity index (χ0) is 26.9. The Kier molecular flexibility index (Phi) is 11.8. The Hall–Kier alpha value is -0.770. The maximum absolute atomic E-state index is 13.3. The molecular weight excluding hydrogens is 490 g/mol. The van der Waals surface area contributed by atoms with Crippen molar-refractivity contribution in [3.8, 4) is 0 Å². The largest absolute Gasteiger partial charge is 0.390 e. The van der Waals surface area contributed by atoms with Gasteiger partial charge in [0.15, 0.2) is 0 Å². The fraction of sp³-hybridized carbons (Fsp3) is 0.968. The van der Waals surface area contributed by atoms with Crippen molar-refractivity contribution in [1.82, 2.24) is 25.8 Å². The van der Waals surface area contributed by atoms with E-state index in [1.807, 2.05) is 0 Å².